The molecule has 2 atom stereocenters. The molecule has 0 aromatic heterocycles. The van der Waals surface area contributed by atoms with Gasteiger partial charge in [0.25, 0.3) is 0 Å². The maximum Gasteiger partial charge on any atom is 0.140 e. The average Bonchev–Trinajstić information content (AvgIpc) is 2.86. The van der Waals surface area contributed by atoms with Crippen LogP contribution >= 0.6 is 0 Å². The van der Waals surface area contributed by atoms with Crippen molar-refractivity contribution in [3.8, 4) is 0 Å². The monoisotopic (exact) mass is 211 g/mol. The number of hydrogen-bond acceptors (Lipinski definition) is 3. The highest BCUT2D eigenvalue weighted by atomic mass is 16.5. The van der Waals surface area contributed by atoms with E-state index in [4.69, 9.17) is 4.74 Å². The van der Waals surface area contributed by atoms with Crippen molar-refractivity contribution in [1.82, 2.24) is 5.32 Å². The van der Waals surface area contributed by atoms with Gasteiger partial charge in [-0.3, -0.25) is 4.79 Å². The van der Waals surface area contributed by atoms with Gasteiger partial charge in [-0.15, -0.1) is 0 Å². The number of rotatable bonds is 4. The molecule has 2 aliphatic rings. The third-order valence-corrected chi connectivity index (χ3v) is 3.83. The van der Waals surface area contributed by atoms with E-state index < -0.39 is 0 Å². The number of likely N-dealkylation sites (N-methyl/N-ethyl adjacent to an activating group) is 1. The Balaban J connectivity index is 1.83. The molecule has 2 fully saturated rings. The highest BCUT2D eigenvalue weighted by Gasteiger charge is 2.33. The zero-order chi connectivity index (χ0) is 10.7. The maximum atomic E-state index is 12.1. The quantitative estimate of drug-likeness (QED) is 0.763. The zero-order valence-corrected chi connectivity index (χ0v) is 9.50. The van der Waals surface area contributed by atoms with Crippen LogP contribution in [-0.2, 0) is 9.53 Å². The first-order chi connectivity index (χ1) is 7.31. The van der Waals surface area contributed by atoms with Crippen molar-refractivity contribution in [2.45, 2.75) is 38.1 Å². The number of ketones is 1. The lowest BCUT2D eigenvalue weighted by atomic mass is 9.90. The first-order valence-electron chi connectivity index (χ1n) is 6.09. The van der Waals surface area contributed by atoms with Crippen molar-refractivity contribution >= 4 is 5.78 Å². The molecule has 1 N–H and O–H groups in total. The fourth-order valence-corrected chi connectivity index (χ4v) is 2.81. The molecule has 0 aromatic rings. The van der Waals surface area contributed by atoms with E-state index in [9.17, 15) is 4.79 Å². The highest BCUT2D eigenvalue weighted by molar-refractivity contribution is 5.82. The van der Waals surface area contributed by atoms with Gasteiger partial charge in [0.15, 0.2) is 0 Å². The first kappa shape index (κ1) is 11.1. The summed E-state index contributed by atoms with van der Waals surface area (Å²) < 4.78 is 5.36. The number of nitrogens with one attached hydrogen (secondary N) is 1. The fraction of sp³-hybridized carbons (Fsp3) is 0.917. The molecule has 3 nitrogen and oxygen atoms in total. The van der Waals surface area contributed by atoms with Crippen molar-refractivity contribution in [3.63, 3.8) is 0 Å². The van der Waals surface area contributed by atoms with Crippen molar-refractivity contribution in [2.75, 3.05) is 20.3 Å². The molecule has 0 amide bonds. The summed E-state index contributed by atoms with van der Waals surface area (Å²) in [6.07, 6.45) is 5.92. The Morgan fingerprint density at radius 3 is 2.73 bits per heavy atom. The molecule has 1 aliphatic heterocycles. The largest absolute Gasteiger partial charge is 0.379 e. The maximum absolute atomic E-state index is 12.1. The average molecular weight is 211 g/mol. The third-order valence-electron chi connectivity index (χ3n) is 3.83. The lowest BCUT2D eigenvalue weighted by Gasteiger charge is -2.17. The van der Waals surface area contributed by atoms with Crippen LogP contribution in [-0.4, -0.2) is 32.1 Å². The lowest BCUT2D eigenvalue weighted by molar-refractivity contribution is -0.124. The lowest BCUT2D eigenvalue weighted by Crippen LogP contribution is -2.37. The van der Waals surface area contributed by atoms with Crippen LogP contribution in [0.1, 0.15) is 32.1 Å². The van der Waals surface area contributed by atoms with Gasteiger partial charge in [0.2, 0.25) is 0 Å². The standard InChI is InChI=1S/C12H21NO2/c1-13-11-8-15-7-10(11)12(14)6-9-4-2-3-5-9/h9-11,13H,2-8H2,1H3. The summed E-state index contributed by atoms with van der Waals surface area (Å²) >= 11 is 0. The summed E-state index contributed by atoms with van der Waals surface area (Å²) in [6, 6.07) is 0.249. The van der Waals surface area contributed by atoms with Gasteiger partial charge in [0.05, 0.1) is 19.1 Å². The van der Waals surface area contributed by atoms with Crippen LogP contribution in [0.15, 0.2) is 0 Å². The van der Waals surface area contributed by atoms with Gasteiger partial charge >= 0.3 is 0 Å². The second-order valence-corrected chi connectivity index (χ2v) is 4.86. The summed E-state index contributed by atoms with van der Waals surface area (Å²) in [6.45, 7) is 1.31. The molecule has 0 spiro atoms. The van der Waals surface area contributed by atoms with E-state index in [2.05, 4.69) is 5.32 Å². The van der Waals surface area contributed by atoms with E-state index in [1.165, 1.54) is 25.7 Å². The van der Waals surface area contributed by atoms with Gasteiger partial charge in [-0.05, 0) is 13.0 Å². The highest BCUT2D eigenvalue weighted by Crippen LogP contribution is 2.29. The number of carbonyl (C=O) groups is 1. The number of carbonyl (C=O) groups excluding carboxylic acids is 1. The summed E-state index contributed by atoms with van der Waals surface area (Å²) in [5.74, 6) is 1.19. The van der Waals surface area contributed by atoms with Crippen LogP contribution < -0.4 is 5.32 Å². The summed E-state index contributed by atoms with van der Waals surface area (Å²) in [7, 11) is 1.91. The Labute approximate surface area is 91.6 Å². The Hall–Kier alpha value is -0.410. The van der Waals surface area contributed by atoms with Crippen LogP contribution in [0.3, 0.4) is 0 Å². The minimum absolute atomic E-state index is 0.107. The van der Waals surface area contributed by atoms with Crippen molar-refractivity contribution in [3.05, 3.63) is 0 Å². The normalized spacial score (nSPS) is 32.3. The molecule has 3 heteroatoms. The zero-order valence-electron chi connectivity index (χ0n) is 9.50. The number of hydrogen-bond donors (Lipinski definition) is 1. The Morgan fingerprint density at radius 2 is 2.07 bits per heavy atom. The topological polar surface area (TPSA) is 38.3 Å². The predicted molar refractivity (Wildman–Crippen MR) is 58.7 cm³/mol. The molecule has 2 rings (SSSR count). The Morgan fingerprint density at radius 1 is 1.33 bits per heavy atom. The summed E-state index contributed by atoms with van der Waals surface area (Å²) in [4.78, 5) is 12.1. The molecular formula is C12H21NO2. The molecule has 15 heavy (non-hydrogen) atoms. The molecule has 2 unspecified atom stereocenters. The second kappa shape index (κ2) is 5.08. The Bertz CT molecular complexity index is 224. The Kier molecular flexibility index (Phi) is 3.76. The van der Waals surface area contributed by atoms with E-state index >= 15 is 0 Å². The molecule has 86 valence electrons. The van der Waals surface area contributed by atoms with Gasteiger partial charge in [-0.1, -0.05) is 25.7 Å². The predicted octanol–water partition coefficient (Wildman–Crippen LogP) is 1.37. The van der Waals surface area contributed by atoms with Gasteiger partial charge < -0.3 is 10.1 Å². The van der Waals surface area contributed by atoms with E-state index in [0.717, 1.165) is 6.42 Å². The van der Waals surface area contributed by atoms with Gasteiger partial charge in [0.1, 0.15) is 5.78 Å². The van der Waals surface area contributed by atoms with Crippen LogP contribution in [0.4, 0.5) is 0 Å². The van der Waals surface area contributed by atoms with E-state index in [0.29, 0.717) is 24.9 Å². The number of Topliss-reactive ketones (excluding diaryl/α,β-unsaturated/α-hetero) is 1. The fourth-order valence-electron chi connectivity index (χ4n) is 2.81. The third kappa shape index (κ3) is 2.58. The van der Waals surface area contributed by atoms with E-state index in [1.807, 2.05) is 7.05 Å². The van der Waals surface area contributed by atoms with Crippen molar-refractivity contribution in [2.24, 2.45) is 11.8 Å². The minimum atomic E-state index is 0.107. The molecule has 0 radical (unpaired) electrons. The molecule has 1 saturated heterocycles. The molecule has 1 heterocycles. The molecular weight excluding hydrogens is 190 g/mol. The minimum Gasteiger partial charge on any atom is -0.379 e. The molecule has 1 aliphatic carbocycles. The van der Waals surface area contributed by atoms with Gasteiger partial charge in [0, 0.05) is 12.5 Å². The summed E-state index contributed by atoms with van der Waals surface area (Å²) in [5, 5.41) is 3.17. The van der Waals surface area contributed by atoms with E-state index in [-0.39, 0.29) is 12.0 Å². The van der Waals surface area contributed by atoms with Gasteiger partial charge in [-0.2, -0.15) is 0 Å². The van der Waals surface area contributed by atoms with Crippen LogP contribution in [0, 0.1) is 11.8 Å². The van der Waals surface area contributed by atoms with Gasteiger partial charge in [-0.25, -0.2) is 0 Å². The van der Waals surface area contributed by atoms with E-state index in [1.54, 1.807) is 0 Å². The smallest absolute Gasteiger partial charge is 0.140 e. The first-order valence-corrected chi connectivity index (χ1v) is 6.09. The van der Waals surface area contributed by atoms with Crippen molar-refractivity contribution < 1.29 is 9.53 Å². The van der Waals surface area contributed by atoms with Crippen molar-refractivity contribution in [1.29, 1.82) is 0 Å². The molecule has 0 aromatic carbocycles. The second-order valence-electron chi connectivity index (χ2n) is 4.86. The summed E-state index contributed by atoms with van der Waals surface area (Å²) in [5.41, 5.74) is 0. The van der Waals surface area contributed by atoms with Crippen LogP contribution in [0.2, 0.25) is 0 Å². The SMILES string of the molecule is CNC1COCC1C(=O)CC1CCCC1. The van der Waals surface area contributed by atoms with Crippen LogP contribution in [0.5, 0.6) is 0 Å². The molecule has 0 bridgehead atoms. The van der Waals surface area contributed by atoms with Crippen LogP contribution in [0.25, 0.3) is 0 Å². The molecule has 1 saturated carbocycles. The number of ether oxygens (including phenoxy) is 1.